The number of pyridine rings is 1. The summed E-state index contributed by atoms with van der Waals surface area (Å²) >= 11 is 0. The number of hydrogen-bond donors (Lipinski definition) is 1. The zero-order valence-electron chi connectivity index (χ0n) is 11.1. The Kier molecular flexibility index (Phi) is 4.55. The molecule has 94 valence electrons. The van der Waals surface area contributed by atoms with Gasteiger partial charge in [0.05, 0.1) is 0 Å². The molecule has 1 saturated carbocycles. The molecule has 2 heteroatoms. The van der Waals surface area contributed by atoms with E-state index in [-0.39, 0.29) is 0 Å². The normalized spacial score (nSPS) is 17.1. The lowest BCUT2D eigenvalue weighted by Crippen LogP contribution is -2.32. The van der Waals surface area contributed by atoms with E-state index in [1.54, 1.807) is 0 Å². The molecule has 0 saturated heterocycles. The molecule has 17 heavy (non-hydrogen) atoms. The van der Waals surface area contributed by atoms with Crippen LogP contribution in [0, 0.1) is 12.8 Å². The van der Waals surface area contributed by atoms with Crippen LogP contribution in [-0.4, -0.2) is 17.6 Å². The first-order chi connectivity index (χ1) is 8.31. The third-order valence-corrected chi connectivity index (χ3v) is 3.72. The molecule has 1 aromatic rings. The molecule has 0 aromatic carbocycles. The van der Waals surface area contributed by atoms with Gasteiger partial charge in [-0.25, -0.2) is 0 Å². The number of nitrogens with one attached hydrogen (secondary N) is 1. The second kappa shape index (κ2) is 6.15. The van der Waals surface area contributed by atoms with Crippen molar-refractivity contribution in [1.29, 1.82) is 0 Å². The molecule has 1 fully saturated rings. The lowest BCUT2D eigenvalue weighted by Gasteiger charge is -2.18. The van der Waals surface area contributed by atoms with E-state index in [2.05, 4.69) is 30.2 Å². The van der Waals surface area contributed by atoms with Crippen molar-refractivity contribution in [3.05, 3.63) is 29.6 Å². The van der Waals surface area contributed by atoms with Gasteiger partial charge in [-0.05, 0) is 68.7 Å². The Hall–Kier alpha value is -0.890. The molecule has 0 bridgehead atoms. The van der Waals surface area contributed by atoms with Crippen molar-refractivity contribution in [2.24, 2.45) is 5.92 Å². The van der Waals surface area contributed by atoms with Crippen LogP contribution < -0.4 is 5.32 Å². The topological polar surface area (TPSA) is 24.9 Å². The molecule has 1 heterocycles. The van der Waals surface area contributed by atoms with Gasteiger partial charge in [0.1, 0.15) is 0 Å². The lowest BCUT2D eigenvalue weighted by atomic mass is 10.0. The Labute approximate surface area is 105 Å². The third kappa shape index (κ3) is 3.81. The minimum atomic E-state index is 0.731. The SMILES string of the molecule is CCCNC(CCc1cnccc1C)C1CC1. The van der Waals surface area contributed by atoms with E-state index in [4.69, 9.17) is 0 Å². The van der Waals surface area contributed by atoms with E-state index in [9.17, 15) is 0 Å². The molecule has 0 aliphatic heterocycles. The van der Waals surface area contributed by atoms with Crippen LogP contribution in [0.25, 0.3) is 0 Å². The van der Waals surface area contributed by atoms with Crippen molar-refractivity contribution in [1.82, 2.24) is 10.3 Å². The van der Waals surface area contributed by atoms with Crippen LogP contribution in [-0.2, 0) is 6.42 Å². The summed E-state index contributed by atoms with van der Waals surface area (Å²) in [7, 11) is 0. The summed E-state index contributed by atoms with van der Waals surface area (Å²) in [6.07, 6.45) is 10.4. The Morgan fingerprint density at radius 3 is 2.94 bits per heavy atom. The summed E-state index contributed by atoms with van der Waals surface area (Å²) in [5, 5.41) is 3.70. The maximum atomic E-state index is 4.23. The van der Waals surface area contributed by atoms with Gasteiger partial charge in [0.2, 0.25) is 0 Å². The Morgan fingerprint density at radius 1 is 1.47 bits per heavy atom. The van der Waals surface area contributed by atoms with Crippen LogP contribution in [0.1, 0.15) is 43.7 Å². The number of rotatable bonds is 7. The first kappa shape index (κ1) is 12.6. The standard InChI is InChI=1S/C15H24N2/c1-3-9-17-15(13-4-5-13)7-6-14-11-16-10-8-12(14)2/h8,10-11,13,15,17H,3-7,9H2,1-2H3. The lowest BCUT2D eigenvalue weighted by molar-refractivity contribution is 0.435. The summed E-state index contributed by atoms with van der Waals surface area (Å²) in [5.74, 6) is 0.943. The van der Waals surface area contributed by atoms with Crippen molar-refractivity contribution in [2.45, 2.75) is 52.0 Å². The fourth-order valence-electron chi connectivity index (χ4n) is 2.40. The van der Waals surface area contributed by atoms with E-state index >= 15 is 0 Å². The van der Waals surface area contributed by atoms with Crippen molar-refractivity contribution in [3.63, 3.8) is 0 Å². The molecular formula is C15H24N2. The molecule has 1 aliphatic rings. The zero-order valence-corrected chi connectivity index (χ0v) is 11.1. The van der Waals surface area contributed by atoms with Crippen LogP contribution in [0.2, 0.25) is 0 Å². The van der Waals surface area contributed by atoms with Gasteiger partial charge in [-0.2, -0.15) is 0 Å². The summed E-state index contributed by atoms with van der Waals surface area (Å²) in [4.78, 5) is 4.23. The van der Waals surface area contributed by atoms with Crippen molar-refractivity contribution < 1.29 is 0 Å². The minimum absolute atomic E-state index is 0.731. The molecule has 1 aromatic heterocycles. The van der Waals surface area contributed by atoms with Gasteiger partial charge in [0, 0.05) is 18.4 Å². The Morgan fingerprint density at radius 2 is 2.29 bits per heavy atom. The van der Waals surface area contributed by atoms with Crippen LogP contribution in [0.3, 0.4) is 0 Å². The number of aryl methyl sites for hydroxylation is 2. The highest BCUT2D eigenvalue weighted by molar-refractivity contribution is 5.21. The summed E-state index contributed by atoms with van der Waals surface area (Å²) < 4.78 is 0. The van der Waals surface area contributed by atoms with Gasteiger partial charge in [-0.15, -0.1) is 0 Å². The van der Waals surface area contributed by atoms with E-state index in [0.717, 1.165) is 24.9 Å². The van der Waals surface area contributed by atoms with Crippen LogP contribution in [0.5, 0.6) is 0 Å². The maximum absolute atomic E-state index is 4.23. The second-order valence-electron chi connectivity index (χ2n) is 5.24. The van der Waals surface area contributed by atoms with E-state index in [0.29, 0.717) is 0 Å². The predicted octanol–water partition coefficient (Wildman–Crippen LogP) is 3.10. The fourth-order valence-corrected chi connectivity index (χ4v) is 2.40. The molecule has 1 N–H and O–H groups in total. The molecule has 1 atom stereocenters. The fraction of sp³-hybridized carbons (Fsp3) is 0.667. The summed E-state index contributed by atoms with van der Waals surface area (Å²) in [6, 6.07) is 2.84. The van der Waals surface area contributed by atoms with Gasteiger partial charge < -0.3 is 5.32 Å². The monoisotopic (exact) mass is 232 g/mol. The average molecular weight is 232 g/mol. The van der Waals surface area contributed by atoms with Crippen molar-refractivity contribution >= 4 is 0 Å². The molecular weight excluding hydrogens is 208 g/mol. The van der Waals surface area contributed by atoms with Crippen molar-refractivity contribution in [3.8, 4) is 0 Å². The summed E-state index contributed by atoms with van der Waals surface area (Å²) in [5.41, 5.74) is 2.79. The molecule has 0 radical (unpaired) electrons. The van der Waals surface area contributed by atoms with Crippen molar-refractivity contribution in [2.75, 3.05) is 6.54 Å². The Bertz CT molecular complexity index is 345. The molecule has 0 amide bonds. The number of aromatic nitrogens is 1. The van der Waals surface area contributed by atoms with Crippen LogP contribution in [0.4, 0.5) is 0 Å². The average Bonchev–Trinajstić information content (AvgIpc) is 3.15. The van der Waals surface area contributed by atoms with E-state index in [1.165, 1.54) is 36.8 Å². The van der Waals surface area contributed by atoms with Gasteiger partial charge in [-0.1, -0.05) is 6.92 Å². The number of hydrogen-bond acceptors (Lipinski definition) is 2. The molecule has 1 aliphatic carbocycles. The zero-order chi connectivity index (χ0) is 12.1. The molecule has 2 nitrogen and oxygen atoms in total. The number of nitrogens with zero attached hydrogens (tertiary/aromatic N) is 1. The highest BCUT2D eigenvalue weighted by Crippen LogP contribution is 2.34. The van der Waals surface area contributed by atoms with E-state index in [1.807, 2.05) is 12.4 Å². The van der Waals surface area contributed by atoms with E-state index < -0.39 is 0 Å². The first-order valence-electron chi connectivity index (χ1n) is 6.94. The highest BCUT2D eigenvalue weighted by Gasteiger charge is 2.30. The third-order valence-electron chi connectivity index (χ3n) is 3.72. The molecule has 0 spiro atoms. The maximum Gasteiger partial charge on any atom is 0.0302 e. The molecule has 1 unspecified atom stereocenters. The second-order valence-corrected chi connectivity index (χ2v) is 5.24. The van der Waals surface area contributed by atoms with Crippen LogP contribution >= 0.6 is 0 Å². The minimum Gasteiger partial charge on any atom is -0.314 e. The highest BCUT2D eigenvalue weighted by atomic mass is 14.9. The first-order valence-corrected chi connectivity index (χ1v) is 6.94. The van der Waals surface area contributed by atoms with Gasteiger partial charge in [0.15, 0.2) is 0 Å². The van der Waals surface area contributed by atoms with Gasteiger partial charge in [-0.3, -0.25) is 4.98 Å². The quantitative estimate of drug-likeness (QED) is 0.781. The van der Waals surface area contributed by atoms with Crippen LogP contribution in [0.15, 0.2) is 18.5 Å². The molecule has 2 rings (SSSR count). The summed E-state index contributed by atoms with van der Waals surface area (Å²) in [6.45, 7) is 5.58. The Balaban J connectivity index is 1.84. The predicted molar refractivity (Wildman–Crippen MR) is 72.1 cm³/mol. The van der Waals surface area contributed by atoms with Gasteiger partial charge in [0.25, 0.3) is 0 Å². The largest absolute Gasteiger partial charge is 0.314 e. The van der Waals surface area contributed by atoms with Gasteiger partial charge >= 0.3 is 0 Å². The smallest absolute Gasteiger partial charge is 0.0302 e.